The van der Waals surface area contributed by atoms with E-state index in [1.54, 1.807) is 0 Å². The Kier molecular flexibility index (Phi) is 10.9. The molecule has 0 rings (SSSR count). The molecule has 0 saturated carbocycles. The van der Waals surface area contributed by atoms with Crippen molar-refractivity contribution >= 4 is 5.97 Å². The van der Waals surface area contributed by atoms with E-state index in [1.807, 2.05) is 19.1 Å². The van der Waals surface area contributed by atoms with Gasteiger partial charge in [0.1, 0.15) is 0 Å². The molecule has 0 aromatic carbocycles. The zero-order valence-corrected chi connectivity index (χ0v) is 10.4. The molecular weight excluding hydrogens is 200 g/mol. The van der Waals surface area contributed by atoms with Crippen molar-refractivity contribution in [3.8, 4) is 11.8 Å². The summed E-state index contributed by atoms with van der Waals surface area (Å²) < 4.78 is 4.84. The Morgan fingerprint density at radius 1 is 1.19 bits per heavy atom. The number of carbonyl (C=O) groups excluding carboxylic acids is 1. The molecule has 0 aliphatic carbocycles. The van der Waals surface area contributed by atoms with Crippen LogP contribution < -0.4 is 0 Å². The number of allylic oxidation sites excluding steroid dienone is 2. The number of unbranched alkanes of at least 4 members (excludes halogenated alkanes) is 5. The molecule has 0 amide bonds. The highest BCUT2D eigenvalue weighted by molar-refractivity contribution is 5.65. The Hall–Kier alpha value is -1.23. The lowest BCUT2D eigenvalue weighted by Crippen LogP contribution is -1.99. The average molecular weight is 222 g/mol. The first-order chi connectivity index (χ1) is 7.77. The van der Waals surface area contributed by atoms with E-state index in [1.165, 1.54) is 19.8 Å². The molecule has 0 unspecified atom stereocenters. The quantitative estimate of drug-likeness (QED) is 0.374. The Labute approximate surface area is 99.1 Å². The smallest absolute Gasteiger partial charge is 0.302 e. The minimum atomic E-state index is -0.181. The summed E-state index contributed by atoms with van der Waals surface area (Å²) in [6.07, 6.45) is 10.5. The van der Waals surface area contributed by atoms with E-state index in [0.29, 0.717) is 6.61 Å². The second-order valence-electron chi connectivity index (χ2n) is 3.68. The summed E-state index contributed by atoms with van der Waals surface area (Å²) in [4.78, 5) is 10.5. The van der Waals surface area contributed by atoms with Gasteiger partial charge in [0.05, 0.1) is 6.61 Å². The summed E-state index contributed by atoms with van der Waals surface area (Å²) in [6, 6.07) is 0. The molecule has 2 nitrogen and oxygen atoms in total. The molecule has 16 heavy (non-hydrogen) atoms. The average Bonchev–Trinajstić information content (AvgIpc) is 2.25. The molecule has 90 valence electrons. The second-order valence-corrected chi connectivity index (χ2v) is 3.68. The Bertz CT molecular complexity index is 256. The molecule has 0 aromatic rings. The third kappa shape index (κ3) is 12.8. The zero-order chi connectivity index (χ0) is 12.1. The van der Waals surface area contributed by atoms with E-state index < -0.39 is 0 Å². The number of hydrogen-bond donors (Lipinski definition) is 0. The summed E-state index contributed by atoms with van der Waals surface area (Å²) in [7, 11) is 0. The second kappa shape index (κ2) is 11.8. The molecule has 0 saturated heterocycles. The van der Waals surface area contributed by atoms with Gasteiger partial charge in [0.15, 0.2) is 0 Å². The largest absolute Gasteiger partial charge is 0.466 e. The van der Waals surface area contributed by atoms with Gasteiger partial charge in [0, 0.05) is 13.3 Å². The molecule has 0 N–H and O–H groups in total. The molecular formula is C14H22O2. The summed E-state index contributed by atoms with van der Waals surface area (Å²) >= 11 is 0. The van der Waals surface area contributed by atoms with Crippen LogP contribution in [0.2, 0.25) is 0 Å². The van der Waals surface area contributed by atoms with Gasteiger partial charge in [-0.25, -0.2) is 0 Å². The fraction of sp³-hybridized carbons (Fsp3) is 0.643. The minimum Gasteiger partial charge on any atom is -0.466 e. The van der Waals surface area contributed by atoms with Gasteiger partial charge < -0.3 is 4.74 Å². The topological polar surface area (TPSA) is 26.3 Å². The molecule has 0 radical (unpaired) electrons. The van der Waals surface area contributed by atoms with E-state index in [4.69, 9.17) is 4.74 Å². The number of carbonyl (C=O) groups is 1. The molecule has 0 aromatic heterocycles. The normalized spacial score (nSPS) is 9.88. The van der Waals surface area contributed by atoms with E-state index in [0.717, 1.165) is 25.7 Å². The summed E-state index contributed by atoms with van der Waals surface area (Å²) in [5.41, 5.74) is 0. The van der Waals surface area contributed by atoms with Crippen molar-refractivity contribution in [2.45, 2.75) is 52.4 Å². The molecule has 0 aliphatic rings. The van der Waals surface area contributed by atoms with Gasteiger partial charge in [-0.15, -0.1) is 0 Å². The van der Waals surface area contributed by atoms with Gasteiger partial charge in [0.25, 0.3) is 0 Å². The lowest BCUT2D eigenvalue weighted by Gasteiger charge is -2.01. The van der Waals surface area contributed by atoms with Crippen LogP contribution in [-0.2, 0) is 9.53 Å². The Morgan fingerprint density at radius 3 is 2.56 bits per heavy atom. The standard InChI is InChI=1S/C14H22O2/c1-3-4-5-6-7-8-9-10-11-12-13-16-14(2)15/h3-4H,7-13H2,1-2H3. The van der Waals surface area contributed by atoms with Crippen LogP contribution in [0.3, 0.4) is 0 Å². The lowest BCUT2D eigenvalue weighted by atomic mass is 10.1. The third-order valence-corrected chi connectivity index (χ3v) is 2.10. The monoisotopic (exact) mass is 222 g/mol. The van der Waals surface area contributed by atoms with E-state index in [9.17, 15) is 4.79 Å². The van der Waals surface area contributed by atoms with Crippen molar-refractivity contribution < 1.29 is 9.53 Å². The van der Waals surface area contributed by atoms with Gasteiger partial charge in [-0.05, 0) is 25.8 Å². The van der Waals surface area contributed by atoms with E-state index in [-0.39, 0.29) is 5.97 Å². The van der Waals surface area contributed by atoms with Crippen LogP contribution in [0.15, 0.2) is 12.2 Å². The van der Waals surface area contributed by atoms with Crippen LogP contribution in [0, 0.1) is 11.8 Å². The summed E-state index contributed by atoms with van der Waals surface area (Å²) in [5.74, 6) is 5.89. The predicted octanol–water partition coefficient (Wildman–Crippen LogP) is 3.47. The zero-order valence-electron chi connectivity index (χ0n) is 10.4. The Morgan fingerprint density at radius 2 is 1.88 bits per heavy atom. The Balaban J connectivity index is 3.11. The summed E-state index contributed by atoms with van der Waals surface area (Å²) in [5, 5.41) is 0. The molecule has 0 fully saturated rings. The highest BCUT2D eigenvalue weighted by atomic mass is 16.5. The van der Waals surface area contributed by atoms with E-state index >= 15 is 0 Å². The van der Waals surface area contributed by atoms with Crippen LogP contribution in [0.25, 0.3) is 0 Å². The van der Waals surface area contributed by atoms with Gasteiger partial charge >= 0.3 is 5.97 Å². The number of rotatable bonds is 7. The molecule has 0 spiro atoms. The highest BCUT2D eigenvalue weighted by Gasteiger charge is 1.93. The predicted molar refractivity (Wildman–Crippen MR) is 66.9 cm³/mol. The highest BCUT2D eigenvalue weighted by Crippen LogP contribution is 2.04. The molecule has 2 heteroatoms. The van der Waals surface area contributed by atoms with Crippen LogP contribution in [0.4, 0.5) is 0 Å². The van der Waals surface area contributed by atoms with Crippen LogP contribution in [-0.4, -0.2) is 12.6 Å². The van der Waals surface area contributed by atoms with Crippen molar-refractivity contribution in [1.29, 1.82) is 0 Å². The summed E-state index contributed by atoms with van der Waals surface area (Å²) in [6.45, 7) is 3.98. The minimum absolute atomic E-state index is 0.181. The molecule has 0 bridgehead atoms. The van der Waals surface area contributed by atoms with Gasteiger partial charge in [-0.3, -0.25) is 4.79 Å². The fourth-order valence-electron chi connectivity index (χ4n) is 1.28. The number of ether oxygens (including phenoxy) is 1. The first-order valence-electron chi connectivity index (χ1n) is 6.00. The van der Waals surface area contributed by atoms with Crippen molar-refractivity contribution in [2.24, 2.45) is 0 Å². The van der Waals surface area contributed by atoms with Crippen molar-refractivity contribution in [3.05, 3.63) is 12.2 Å². The first kappa shape index (κ1) is 14.8. The maximum Gasteiger partial charge on any atom is 0.302 e. The van der Waals surface area contributed by atoms with Crippen LogP contribution >= 0.6 is 0 Å². The van der Waals surface area contributed by atoms with Crippen LogP contribution in [0.1, 0.15) is 52.4 Å². The first-order valence-corrected chi connectivity index (χ1v) is 6.00. The lowest BCUT2D eigenvalue weighted by molar-refractivity contribution is -0.141. The van der Waals surface area contributed by atoms with Crippen molar-refractivity contribution in [2.75, 3.05) is 6.61 Å². The van der Waals surface area contributed by atoms with Gasteiger partial charge in [0.2, 0.25) is 0 Å². The van der Waals surface area contributed by atoms with Crippen molar-refractivity contribution in [1.82, 2.24) is 0 Å². The SMILES string of the molecule is CC=CC#CCCCCCCCOC(C)=O. The van der Waals surface area contributed by atoms with Gasteiger partial charge in [-0.1, -0.05) is 37.2 Å². The molecule has 0 heterocycles. The number of esters is 1. The number of hydrogen-bond acceptors (Lipinski definition) is 2. The maximum atomic E-state index is 10.5. The molecule has 0 atom stereocenters. The maximum absolute atomic E-state index is 10.5. The van der Waals surface area contributed by atoms with E-state index in [2.05, 4.69) is 11.8 Å². The van der Waals surface area contributed by atoms with Crippen molar-refractivity contribution in [3.63, 3.8) is 0 Å². The fourth-order valence-corrected chi connectivity index (χ4v) is 1.28. The van der Waals surface area contributed by atoms with Gasteiger partial charge in [-0.2, -0.15) is 0 Å². The molecule has 0 aliphatic heterocycles. The third-order valence-electron chi connectivity index (χ3n) is 2.10. The van der Waals surface area contributed by atoms with Crippen LogP contribution in [0.5, 0.6) is 0 Å².